The zero-order chi connectivity index (χ0) is 19.7. The van der Waals surface area contributed by atoms with E-state index in [-0.39, 0.29) is 18.3 Å². The Morgan fingerprint density at radius 2 is 1.89 bits per heavy atom. The smallest absolute Gasteiger partial charge is 0.416 e. The lowest BCUT2D eigenvalue weighted by molar-refractivity contribution is -0.137. The fourth-order valence-electron chi connectivity index (χ4n) is 3.86. The number of amides is 1. The molecule has 0 bridgehead atoms. The number of carbonyl (C=O) groups excluding carboxylic acids is 1. The van der Waals surface area contributed by atoms with E-state index < -0.39 is 11.7 Å². The van der Waals surface area contributed by atoms with Crippen molar-refractivity contribution in [1.29, 1.82) is 0 Å². The van der Waals surface area contributed by atoms with Crippen molar-refractivity contribution in [3.05, 3.63) is 64.7 Å². The lowest BCUT2D eigenvalue weighted by atomic mass is 9.90. The highest BCUT2D eigenvalue weighted by Gasteiger charge is 2.32. The molecule has 0 aromatic heterocycles. The van der Waals surface area contributed by atoms with Crippen LogP contribution in [0.2, 0.25) is 0 Å². The summed E-state index contributed by atoms with van der Waals surface area (Å²) in [6.07, 6.45) is 1.74. The van der Waals surface area contributed by atoms with E-state index in [0.29, 0.717) is 17.6 Å². The fourth-order valence-corrected chi connectivity index (χ4v) is 3.86. The monoisotopic (exact) mass is 387 g/mol. The van der Waals surface area contributed by atoms with Crippen molar-refractivity contribution < 1.29 is 22.7 Å². The number of alkyl halides is 3. The summed E-state index contributed by atoms with van der Waals surface area (Å²) in [4.78, 5) is 12.6. The lowest BCUT2D eigenvalue weighted by Gasteiger charge is -2.22. The molecule has 28 heavy (non-hydrogen) atoms. The number of rotatable bonds is 2. The largest absolute Gasteiger partial charge is 0.493 e. The van der Waals surface area contributed by atoms with Gasteiger partial charge in [-0.2, -0.15) is 13.2 Å². The van der Waals surface area contributed by atoms with Crippen molar-refractivity contribution in [2.75, 3.05) is 11.9 Å². The van der Waals surface area contributed by atoms with E-state index in [1.54, 1.807) is 0 Å². The number of fused-ring (bicyclic) bond motifs is 2. The topological polar surface area (TPSA) is 38.3 Å². The molecule has 1 N–H and O–H groups in total. The van der Waals surface area contributed by atoms with Crippen LogP contribution in [0.4, 0.5) is 18.9 Å². The molecule has 0 unspecified atom stereocenters. The second-order valence-electron chi connectivity index (χ2n) is 7.12. The predicted octanol–water partition coefficient (Wildman–Crippen LogP) is 5.39. The maximum Gasteiger partial charge on any atom is 0.416 e. The highest BCUT2D eigenvalue weighted by molar-refractivity contribution is 6.05. The Morgan fingerprint density at radius 3 is 2.71 bits per heavy atom. The van der Waals surface area contributed by atoms with Gasteiger partial charge in [-0.3, -0.25) is 4.79 Å². The molecule has 2 aromatic rings. The second-order valence-corrected chi connectivity index (χ2v) is 7.12. The molecule has 0 radical (unpaired) electrons. The second kappa shape index (κ2) is 7.34. The molecule has 2 aliphatic rings. The normalized spacial score (nSPS) is 17.5. The van der Waals surface area contributed by atoms with E-state index in [9.17, 15) is 18.0 Å². The third-order valence-corrected chi connectivity index (χ3v) is 5.24. The molecule has 6 heteroatoms. The predicted molar refractivity (Wildman–Crippen MR) is 101 cm³/mol. The number of halogens is 3. The Labute approximate surface area is 161 Å². The standard InChI is InChI=1S/C22H20F3NO2/c23-22(24,25)16-8-9-18-15(10-11-28-20(18)13-16)12-21(27)26-19-7-3-5-14-4-1-2-6-17(14)19/h3,5,7-9,12-13H,1-2,4,6,10-11H2,(H,26,27). The first kappa shape index (κ1) is 18.6. The summed E-state index contributed by atoms with van der Waals surface area (Å²) >= 11 is 0. The van der Waals surface area contributed by atoms with Crippen LogP contribution in [0.25, 0.3) is 5.57 Å². The van der Waals surface area contributed by atoms with E-state index in [1.165, 1.54) is 23.3 Å². The number of hydrogen-bond donors (Lipinski definition) is 1. The van der Waals surface area contributed by atoms with Crippen LogP contribution < -0.4 is 10.1 Å². The van der Waals surface area contributed by atoms with E-state index in [2.05, 4.69) is 11.4 Å². The van der Waals surface area contributed by atoms with Gasteiger partial charge in [-0.05, 0) is 60.6 Å². The van der Waals surface area contributed by atoms with Crippen LogP contribution in [0.1, 0.15) is 41.5 Å². The van der Waals surface area contributed by atoms with Crippen LogP contribution in [0.5, 0.6) is 5.75 Å². The number of aryl methyl sites for hydroxylation is 1. The number of anilines is 1. The van der Waals surface area contributed by atoms with Crippen molar-refractivity contribution in [3.63, 3.8) is 0 Å². The molecular weight excluding hydrogens is 367 g/mol. The quantitative estimate of drug-likeness (QED) is 0.702. The van der Waals surface area contributed by atoms with Gasteiger partial charge in [0.1, 0.15) is 5.75 Å². The number of nitrogens with one attached hydrogen (secondary N) is 1. The third kappa shape index (κ3) is 3.77. The van der Waals surface area contributed by atoms with Crippen molar-refractivity contribution >= 4 is 17.2 Å². The first-order valence-corrected chi connectivity index (χ1v) is 9.38. The molecule has 0 fully saturated rings. The minimum absolute atomic E-state index is 0.164. The Morgan fingerprint density at radius 1 is 1.07 bits per heavy atom. The molecular formula is C22H20F3NO2. The molecule has 0 saturated heterocycles. The van der Waals surface area contributed by atoms with Gasteiger partial charge in [0.25, 0.3) is 0 Å². The highest BCUT2D eigenvalue weighted by atomic mass is 19.4. The van der Waals surface area contributed by atoms with Gasteiger partial charge in [0.05, 0.1) is 12.2 Å². The summed E-state index contributed by atoms with van der Waals surface area (Å²) < 4.78 is 44.1. The average molecular weight is 387 g/mol. The highest BCUT2D eigenvalue weighted by Crippen LogP contribution is 2.38. The molecule has 0 saturated carbocycles. The molecule has 4 rings (SSSR count). The van der Waals surface area contributed by atoms with E-state index in [4.69, 9.17) is 4.74 Å². The zero-order valence-corrected chi connectivity index (χ0v) is 15.2. The lowest BCUT2D eigenvalue weighted by Crippen LogP contribution is -2.15. The van der Waals surface area contributed by atoms with Crippen LogP contribution in [0.3, 0.4) is 0 Å². The Kier molecular flexibility index (Phi) is 4.87. The summed E-state index contributed by atoms with van der Waals surface area (Å²) in [5, 5.41) is 2.95. The summed E-state index contributed by atoms with van der Waals surface area (Å²) in [6, 6.07) is 9.32. The number of hydrogen-bond acceptors (Lipinski definition) is 2. The SMILES string of the molecule is O=C(C=C1CCOc2cc(C(F)(F)F)ccc21)Nc1cccc2c1CCCC2. The first-order valence-electron chi connectivity index (χ1n) is 9.38. The van der Waals surface area contributed by atoms with Gasteiger partial charge < -0.3 is 10.1 Å². The van der Waals surface area contributed by atoms with Gasteiger partial charge in [-0.1, -0.05) is 18.2 Å². The van der Waals surface area contributed by atoms with Gasteiger partial charge in [-0.15, -0.1) is 0 Å². The summed E-state index contributed by atoms with van der Waals surface area (Å²) in [5.74, 6) is -0.112. The van der Waals surface area contributed by atoms with Crippen LogP contribution in [0.15, 0.2) is 42.5 Å². The molecule has 1 amide bonds. The van der Waals surface area contributed by atoms with Gasteiger partial charge >= 0.3 is 6.18 Å². The van der Waals surface area contributed by atoms with Crippen LogP contribution in [-0.2, 0) is 23.8 Å². The minimum atomic E-state index is -4.43. The Balaban J connectivity index is 1.58. The van der Waals surface area contributed by atoms with Crippen molar-refractivity contribution in [3.8, 4) is 5.75 Å². The van der Waals surface area contributed by atoms with Crippen LogP contribution in [0, 0.1) is 0 Å². The molecule has 1 heterocycles. The molecule has 146 valence electrons. The molecule has 1 aliphatic carbocycles. The maximum absolute atomic E-state index is 12.9. The molecule has 3 nitrogen and oxygen atoms in total. The summed E-state index contributed by atoms with van der Waals surface area (Å²) in [7, 11) is 0. The summed E-state index contributed by atoms with van der Waals surface area (Å²) in [5.41, 5.74) is 3.73. The van der Waals surface area contributed by atoms with Gasteiger partial charge in [0, 0.05) is 23.7 Å². The number of ether oxygens (including phenoxy) is 1. The van der Waals surface area contributed by atoms with Crippen molar-refractivity contribution in [1.82, 2.24) is 0 Å². The first-order chi connectivity index (χ1) is 13.4. The maximum atomic E-state index is 12.9. The number of carbonyl (C=O) groups is 1. The zero-order valence-electron chi connectivity index (χ0n) is 15.2. The molecule has 0 spiro atoms. The number of benzene rings is 2. The van der Waals surface area contributed by atoms with Crippen molar-refractivity contribution in [2.45, 2.75) is 38.3 Å². The minimum Gasteiger partial charge on any atom is -0.493 e. The van der Waals surface area contributed by atoms with Gasteiger partial charge in [0.2, 0.25) is 5.91 Å². The van der Waals surface area contributed by atoms with Gasteiger partial charge in [-0.25, -0.2) is 0 Å². The fraction of sp³-hybridized carbons (Fsp3) is 0.318. The Hall–Kier alpha value is -2.76. The van der Waals surface area contributed by atoms with Crippen LogP contribution >= 0.6 is 0 Å². The molecule has 2 aromatic carbocycles. The third-order valence-electron chi connectivity index (χ3n) is 5.24. The van der Waals surface area contributed by atoms with E-state index in [1.807, 2.05) is 12.1 Å². The average Bonchev–Trinajstić information content (AvgIpc) is 2.67. The van der Waals surface area contributed by atoms with E-state index in [0.717, 1.165) is 43.5 Å². The molecule has 1 aliphatic heterocycles. The van der Waals surface area contributed by atoms with Crippen molar-refractivity contribution in [2.24, 2.45) is 0 Å². The van der Waals surface area contributed by atoms with Crippen LogP contribution in [-0.4, -0.2) is 12.5 Å². The molecule has 0 atom stereocenters. The van der Waals surface area contributed by atoms with E-state index >= 15 is 0 Å². The van der Waals surface area contributed by atoms with Gasteiger partial charge in [0.15, 0.2) is 0 Å². The Bertz CT molecular complexity index is 947. The summed E-state index contributed by atoms with van der Waals surface area (Å²) in [6.45, 7) is 0.244.